The lowest BCUT2D eigenvalue weighted by molar-refractivity contribution is -0.104. The molecule has 0 heterocycles. The fourth-order valence-corrected chi connectivity index (χ4v) is 1.56. The summed E-state index contributed by atoms with van der Waals surface area (Å²) in [4.78, 5) is 10.7. The minimum Gasteiger partial charge on any atom is -0.298 e. The summed E-state index contributed by atoms with van der Waals surface area (Å²) in [5, 5.41) is 0. The molecule has 0 aliphatic rings. The van der Waals surface area contributed by atoms with Crippen LogP contribution in [0.15, 0.2) is 23.3 Å². The quantitative estimate of drug-likeness (QED) is 0.249. The maximum Gasteiger partial charge on any atom is 0.149 e. The smallest absolute Gasteiger partial charge is 0.149 e. The van der Waals surface area contributed by atoms with Gasteiger partial charge in [0.05, 0.1) is 0 Å². The number of rotatable bonds is 8. The van der Waals surface area contributed by atoms with Crippen molar-refractivity contribution in [1.82, 2.24) is 0 Å². The zero-order valence-corrected chi connectivity index (χ0v) is 10.4. The molecule has 15 heavy (non-hydrogen) atoms. The Kier molecular flexibility index (Phi) is 9.15. The molecule has 0 aromatic carbocycles. The van der Waals surface area contributed by atoms with Gasteiger partial charge in [0.15, 0.2) is 0 Å². The Morgan fingerprint density at radius 3 is 2.40 bits per heavy atom. The van der Waals surface area contributed by atoms with Crippen molar-refractivity contribution in [1.29, 1.82) is 0 Å². The molecule has 0 saturated carbocycles. The van der Waals surface area contributed by atoms with Crippen LogP contribution in [0.2, 0.25) is 0 Å². The highest BCUT2D eigenvalue weighted by Gasteiger charge is 1.94. The summed E-state index contributed by atoms with van der Waals surface area (Å²) in [6, 6.07) is 0. The summed E-state index contributed by atoms with van der Waals surface area (Å²) < 4.78 is 0. The molecule has 0 aliphatic carbocycles. The van der Waals surface area contributed by atoms with Crippen LogP contribution in [0.25, 0.3) is 0 Å². The summed E-state index contributed by atoms with van der Waals surface area (Å²) >= 11 is 0. The van der Waals surface area contributed by atoms with Crippen molar-refractivity contribution in [2.24, 2.45) is 0 Å². The van der Waals surface area contributed by atoms with Crippen molar-refractivity contribution in [2.45, 2.75) is 59.3 Å². The molecule has 0 fully saturated rings. The van der Waals surface area contributed by atoms with Crippen molar-refractivity contribution in [3.05, 3.63) is 23.3 Å². The number of unbranched alkanes of at least 4 members (excludes halogenated alkanes) is 3. The van der Waals surface area contributed by atoms with E-state index in [2.05, 4.69) is 13.8 Å². The molecule has 0 N–H and O–H groups in total. The van der Waals surface area contributed by atoms with E-state index in [1.165, 1.54) is 31.3 Å². The van der Waals surface area contributed by atoms with E-state index in [-0.39, 0.29) is 0 Å². The lowest BCUT2D eigenvalue weighted by atomic mass is 10.1. The maximum absolute atomic E-state index is 10.7. The first kappa shape index (κ1) is 14.2. The molecular formula is C14H24O. The van der Waals surface area contributed by atoms with E-state index in [4.69, 9.17) is 0 Å². The number of allylic oxidation sites excluding steroid dienone is 4. The molecule has 0 aromatic heterocycles. The van der Waals surface area contributed by atoms with Gasteiger partial charge < -0.3 is 0 Å². The van der Waals surface area contributed by atoms with Gasteiger partial charge in [-0.25, -0.2) is 0 Å². The monoisotopic (exact) mass is 208 g/mol. The Labute approximate surface area is 94.3 Å². The summed E-state index contributed by atoms with van der Waals surface area (Å²) in [6.45, 7) is 6.38. The second-order valence-electron chi connectivity index (χ2n) is 4.03. The molecule has 0 aromatic rings. The Balaban J connectivity index is 3.95. The van der Waals surface area contributed by atoms with E-state index in [0.29, 0.717) is 0 Å². The lowest BCUT2D eigenvalue weighted by Crippen LogP contribution is -1.84. The molecular weight excluding hydrogens is 184 g/mol. The molecule has 0 rings (SSSR count). The highest BCUT2D eigenvalue weighted by atomic mass is 16.1. The Hall–Kier alpha value is -0.850. The first-order chi connectivity index (χ1) is 7.24. The van der Waals surface area contributed by atoms with Gasteiger partial charge in [-0.1, -0.05) is 50.8 Å². The van der Waals surface area contributed by atoms with Crippen molar-refractivity contribution >= 4 is 6.29 Å². The van der Waals surface area contributed by atoms with Gasteiger partial charge >= 0.3 is 0 Å². The summed E-state index contributed by atoms with van der Waals surface area (Å²) in [5.41, 5.74) is 2.14. The zero-order chi connectivity index (χ0) is 11.5. The molecule has 0 aliphatic heterocycles. The van der Waals surface area contributed by atoms with Crippen LogP contribution in [0.4, 0.5) is 0 Å². The largest absolute Gasteiger partial charge is 0.298 e. The molecule has 1 nitrogen and oxygen atoms in total. The van der Waals surface area contributed by atoms with Gasteiger partial charge in [0.2, 0.25) is 0 Å². The van der Waals surface area contributed by atoms with Gasteiger partial charge in [0, 0.05) is 5.57 Å². The van der Waals surface area contributed by atoms with Gasteiger partial charge in [0.25, 0.3) is 0 Å². The molecule has 0 spiro atoms. The Bertz CT molecular complexity index is 223. The van der Waals surface area contributed by atoms with Crippen molar-refractivity contribution < 1.29 is 4.79 Å². The number of hydrogen-bond donors (Lipinski definition) is 0. The Morgan fingerprint density at radius 2 is 1.87 bits per heavy atom. The van der Waals surface area contributed by atoms with Gasteiger partial charge in [-0.2, -0.15) is 0 Å². The third-order valence-electron chi connectivity index (χ3n) is 2.41. The fourth-order valence-electron chi connectivity index (χ4n) is 1.56. The number of hydrogen-bond acceptors (Lipinski definition) is 1. The van der Waals surface area contributed by atoms with E-state index in [9.17, 15) is 4.79 Å². The van der Waals surface area contributed by atoms with Crippen LogP contribution in [0.5, 0.6) is 0 Å². The van der Waals surface area contributed by atoms with E-state index < -0.39 is 0 Å². The van der Waals surface area contributed by atoms with E-state index in [0.717, 1.165) is 24.7 Å². The normalized spacial score (nSPS) is 13.0. The minimum atomic E-state index is 0.825. The number of carbonyl (C=O) groups excluding carboxylic acids is 1. The SMILES string of the molecule is CC/C=C(C=O)\C=C(/C)CCCCCC. The summed E-state index contributed by atoms with van der Waals surface area (Å²) in [6.07, 6.45) is 12.1. The molecule has 0 radical (unpaired) electrons. The molecule has 86 valence electrons. The van der Waals surface area contributed by atoms with Crippen LogP contribution in [0.1, 0.15) is 59.3 Å². The highest BCUT2D eigenvalue weighted by molar-refractivity contribution is 5.77. The van der Waals surface area contributed by atoms with Gasteiger partial charge in [-0.3, -0.25) is 4.79 Å². The highest BCUT2D eigenvalue weighted by Crippen LogP contribution is 2.11. The predicted molar refractivity (Wildman–Crippen MR) is 67.0 cm³/mol. The molecule has 1 heteroatoms. The fraction of sp³-hybridized carbons (Fsp3) is 0.643. The first-order valence-corrected chi connectivity index (χ1v) is 6.07. The molecule has 0 atom stereocenters. The van der Waals surface area contributed by atoms with Crippen molar-refractivity contribution in [3.63, 3.8) is 0 Å². The van der Waals surface area contributed by atoms with Gasteiger partial charge in [-0.05, 0) is 26.2 Å². The van der Waals surface area contributed by atoms with Crippen LogP contribution >= 0.6 is 0 Å². The van der Waals surface area contributed by atoms with Crippen LogP contribution in [0, 0.1) is 0 Å². The Morgan fingerprint density at radius 1 is 1.13 bits per heavy atom. The summed E-state index contributed by atoms with van der Waals surface area (Å²) in [5.74, 6) is 0. The van der Waals surface area contributed by atoms with Crippen LogP contribution in [-0.4, -0.2) is 6.29 Å². The maximum atomic E-state index is 10.7. The molecule has 0 saturated heterocycles. The van der Waals surface area contributed by atoms with Crippen LogP contribution in [0.3, 0.4) is 0 Å². The minimum absolute atomic E-state index is 0.825. The molecule has 0 unspecified atom stereocenters. The van der Waals surface area contributed by atoms with E-state index >= 15 is 0 Å². The predicted octanol–water partition coefficient (Wildman–Crippen LogP) is 4.44. The van der Waals surface area contributed by atoms with Crippen LogP contribution < -0.4 is 0 Å². The van der Waals surface area contributed by atoms with Gasteiger partial charge in [-0.15, -0.1) is 0 Å². The zero-order valence-electron chi connectivity index (χ0n) is 10.4. The number of carbonyl (C=O) groups is 1. The van der Waals surface area contributed by atoms with E-state index in [1.54, 1.807) is 0 Å². The van der Waals surface area contributed by atoms with Crippen molar-refractivity contribution in [2.75, 3.05) is 0 Å². The topological polar surface area (TPSA) is 17.1 Å². The van der Waals surface area contributed by atoms with Crippen molar-refractivity contribution in [3.8, 4) is 0 Å². The average Bonchev–Trinajstić information content (AvgIpc) is 2.24. The van der Waals surface area contributed by atoms with Crippen LogP contribution in [-0.2, 0) is 4.79 Å². The second kappa shape index (κ2) is 9.70. The average molecular weight is 208 g/mol. The summed E-state index contributed by atoms with van der Waals surface area (Å²) in [7, 11) is 0. The second-order valence-corrected chi connectivity index (χ2v) is 4.03. The standard InChI is InChI=1S/C14H24O/c1-4-6-7-8-10-13(3)11-14(12-15)9-5-2/h9,11-12H,4-8,10H2,1-3H3/b13-11+,14-9+. The molecule has 0 amide bonds. The van der Waals surface area contributed by atoms with E-state index in [1.807, 2.05) is 19.1 Å². The molecule has 0 bridgehead atoms. The third kappa shape index (κ3) is 8.17. The van der Waals surface area contributed by atoms with Gasteiger partial charge in [0.1, 0.15) is 6.29 Å². The third-order valence-corrected chi connectivity index (χ3v) is 2.41. The number of aldehydes is 1. The first-order valence-electron chi connectivity index (χ1n) is 6.07. The lowest BCUT2D eigenvalue weighted by Gasteiger charge is -2.01.